The Morgan fingerprint density at radius 2 is 1.85 bits per heavy atom. The Kier molecular flexibility index (Phi) is 9.16. The van der Waals surface area contributed by atoms with E-state index in [1.54, 1.807) is 36.0 Å². The molecule has 180 valence electrons. The van der Waals surface area contributed by atoms with Crippen molar-refractivity contribution in [1.29, 1.82) is 0 Å². The first-order valence-electron chi connectivity index (χ1n) is 11.3. The van der Waals surface area contributed by atoms with Gasteiger partial charge in [0.25, 0.3) is 5.91 Å². The summed E-state index contributed by atoms with van der Waals surface area (Å²) in [6.45, 7) is 4.49. The van der Waals surface area contributed by atoms with Gasteiger partial charge in [-0.25, -0.2) is 4.68 Å². The third-order valence-corrected chi connectivity index (χ3v) is 6.13. The van der Waals surface area contributed by atoms with Crippen LogP contribution in [0.2, 0.25) is 0 Å². The van der Waals surface area contributed by atoms with Gasteiger partial charge in [0.2, 0.25) is 5.91 Å². The van der Waals surface area contributed by atoms with Crippen LogP contribution in [-0.4, -0.2) is 53.3 Å². The molecule has 34 heavy (non-hydrogen) atoms. The number of nitrogens with zero attached hydrogens (tertiary/aromatic N) is 2. The summed E-state index contributed by atoms with van der Waals surface area (Å²) >= 11 is 1.64. The molecule has 8 heteroatoms. The van der Waals surface area contributed by atoms with E-state index in [0.717, 1.165) is 28.4 Å². The zero-order valence-electron chi connectivity index (χ0n) is 20.1. The van der Waals surface area contributed by atoms with Crippen LogP contribution in [0.1, 0.15) is 33.7 Å². The second-order valence-electron chi connectivity index (χ2n) is 8.05. The summed E-state index contributed by atoms with van der Waals surface area (Å²) < 4.78 is 7.20. The van der Waals surface area contributed by atoms with Crippen LogP contribution in [0.5, 0.6) is 5.75 Å². The molecule has 0 aliphatic heterocycles. The van der Waals surface area contributed by atoms with Crippen LogP contribution in [-0.2, 0) is 11.2 Å². The third kappa shape index (κ3) is 6.63. The number of methoxy groups -OCH3 is 1. The lowest BCUT2D eigenvalue weighted by atomic mass is 10.1. The minimum Gasteiger partial charge on any atom is -0.496 e. The number of carbonyl (C=O) groups is 2. The zero-order valence-corrected chi connectivity index (χ0v) is 20.9. The monoisotopic (exact) mass is 480 g/mol. The molecular formula is C26H32N4O3S. The molecule has 0 radical (unpaired) electrons. The van der Waals surface area contributed by atoms with E-state index in [9.17, 15) is 9.59 Å². The summed E-state index contributed by atoms with van der Waals surface area (Å²) in [5.41, 5.74) is 4.61. The van der Waals surface area contributed by atoms with Crippen molar-refractivity contribution in [2.45, 2.75) is 32.7 Å². The predicted octanol–water partition coefficient (Wildman–Crippen LogP) is 3.71. The molecule has 3 aromatic rings. The number of rotatable bonds is 11. The van der Waals surface area contributed by atoms with Crippen molar-refractivity contribution in [2.75, 3.05) is 25.7 Å². The molecule has 0 fully saturated rings. The number of ether oxygens (including phenoxy) is 1. The van der Waals surface area contributed by atoms with Gasteiger partial charge in [0.1, 0.15) is 11.8 Å². The maximum atomic E-state index is 12.9. The first-order valence-corrected chi connectivity index (χ1v) is 12.7. The molecule has 0 aliphatic carbocycles. The number of carbonyl (C=O) groups excluding carboxylic acids is 2. The van der Waals surface area contributed by atoms with Crippen LogP contribution in [0.15, 0.2) is 54.6 Å². The lowest BCUT2D eigenvalue weighted by molar-refractivity contribution is -0.122. The highest BCUT2D eigenvalue weighted by molar-refractivity contribution is 7.98. The van der Waals surface area contributed by atoms with Gasteiger partial charge in [-0.2, -0.15) is 16.9 Å². The zero-order chi connectivity index (χ0) is 24.5. The number of aromatic nitrogens is 2. The van der Waals surface area contributed by atoms with Crippen molar-refractivity contribution in [3.8, 4) is 11.4 Å². The van der Waals surface area contributed by atoms with Gasteiger partial charge >= 0.3 is 0 Å². The van der Waals surface area contributed by atoms with Gasteiger partial charge < -0.3 is 15.4 Å². The number of para-hydroxylation sites is 1. The summed E-state index contributed by atoms with van der Waals surface area (Å²) in [5, 5.41) is 10.4. The Hall–Kier alpha value is -3.26. The molecular weight excluding hydrogens is 448 g/mol. The number of amides is 2. The molecule has 2 aromatic carbocycles. The Morgan fingerprint density at radius 1 is 1.12 bits per heavy atom. The summed E-state index contributed by atoms with van der Waals surface area (Å²) in [6, 6.07) is 16.6. The Labute approximate surface area is 205 Å². The normalized spacial score (nSPS) is 11.6. The van der Waals surface area contributed by atoms with E-state index in [2.05, 4.69) is 15.7 Å². The van der Waals surface area contributed by atoms with Gasteiger partial charge in [-0.05, 0) is 74.6 Å². The average molecular weight is 481 g/mol. The highest BCUT2D eigenvalue weighted by Crippen LogP contribution is 2.17. The summed E-state index contributed by atoms with van der Waals surface area (Å²) in [4.78, 5) is 25.6. The Bertz CT molecular complexity index is 1110. The molecule has 1 atom stereocenters. The smallest absolute Gasteiger partial charge is 0.255 e. The SMILES string of the molecule is COc1ccccc1C(=O)NC(CCSC)C(=O)NCCc1ccc(-n2nc(C)cc2C)cc1. The molecule has 0 bridgehead atoms. The lowest BCUT2D eigenvalue weighted by Gasteiger charge is -2.19. The van der Waals surface area contributed by atoms with Crippen LogP contribution in [0, 0.1) is 13.8 Å². The molecule has 0 saturated heterocycles. The molecule has 1 unspecified atom stereocenters. The standard InChI is InChI=1S/C26H32N4O3S/c1-18-17-19(2)30(29-18)21-11-9-20(10-12-21)13-15-27-26(32)23(14-16-34-4)28-25(31)22-7-5-6-8-24(22)33-3/h5-12,17,23H,13-16H2,1-4H3,(H,27,32)(H,28,31). The van der Waals surface area contributed by atoms with E-state index in [1.165, 1.54) is 7.11 Å². The maximum Gasteiger partial charge on any atom is 0.255 e. The second kappa shape index (κ2) is 12.3. The van der Waals surface area contributed by atoms with E-state index in [-0.39, 0.29) is 11.8 Å². The van der Waals surface area contributed by atoms with Gasteiger partial charge in [0, 0.05) is 12.2 Å². The summed E-state index contributed by atoms with van der Waals surface area (Å²) in [7, 11) is 1.52. The number of benzene rings is 2. The fourth-order valence-electron chi connectivity index (χ4n) is 3.72. The van der Waals surface area contributed by atoms with Crippen LogP contribution in [0.4, 0.5) is 0 Å². The van der Waals surface area contributed by atoms with Crippen LogP contribution < -0.4 is 15.4 Å². The van der Waals surface area contributed by atoms with E-state index < -0.39 is 6.04 Å². The molecule has 0 aliphatic rings. The predicted molar refractivity (Wildman–Crippen MR) is 137 cm³/mol. The van der Waals surface area contributed by atoms with Crippen molar-refractivity contribution in [1.82, 2.24) is 20.4 Å². The van der Waals surface area contributed by atoms with Crippen LogP contribution in [0.3, 0.4) is 0 Å². The molecule has 0 saturated carbocycles. The summed E-state index contributed by atoms with van der Waals surface area (Å²) in [6.07, 6.45) is 3.22. The van der Waals surface area contributed by atoms with E-state index in [1.807, 2.05) is 55.1 Å². The van der Waals surface area contributed by atoms with Crippen molar-refractivity contribution in [3.05, 3.63) is 77.1 Å². The molecule has 0 spiro atoms. The highest BCUT2D eigenvalue weighted by atomic mass is 32.2. The van der Waals surface area contributed by atoms with Gasteiger partial charge in [0.05, 0.1) is 24.1 Å². The maximum absolute atomic E-state index is 12.9. The van der Waals surface area contributed by atoms with E-state index in [4.69, 9.17) is 4.74 Å². The largest absolute Gasteiger partial charge is 0.496 e. The van der Waals surface area contributed by atoms with Crippen molar-refractivity contribution >= 4 is 23.6 Å². The molecule has 2 N–H and O–H groups in total. The van der Waals surface area contributed by atoms with Gasteiger partial charge in [-0.15, -0.1) is 0 Å². The lowest BCUT2D eigenvalue weighted by Crippen LogP contribution is -2.47. The van der Waals surface area contributed by atoms with Crippen LogP contribution in [0.25, 0.3) is 5.69 Å². The van der Waals surface area contributed by atoms with E-state index >= 15 is 0 Å². The fourth-order valence-corrected chi connectivity index (χ4v) is 4.19. The number of thioether (sulfide) groups is 1. The Balaban J connectivity index is 1.57. The number of aryl methyl sites for hydroxylation is 2. The average Bonchev–Trinajstić information content (AvgIpc) is 3.19. The number of nitrogens with one attached hydrogen (secondary N) is 2. The molecule has 7 nitrogen and oxygen atoms in total. The fraction of sp³-hybridized carbons (Fsp3) is 0.346. The van der Waals surface area contributed by atoms with Crippen LogP contribution >= 0.6 is 11.8 Å². The molecule has 3 rings (SSSR count). The third-order valence-electron chi connectivity index (χ3n) is 5.49. The highest BCUT2D eigenvalue weighted by Gasteiger charge is 2.22. The first kappa shape index (κ1) is 25.4. The summed E-state index contributed by atoms with van der Waals surface area (Å²) in [5.74, 6) is 0.737. The number of hydrogen-bond acceptors (Lipinski definition) is 5. The molecule has 1 heterocycles. The van der Waals surface area contributed by atoms with Gasteiger partial charge in [-0.3, -0.25) is 9.59 Å². The van der Waals surface area contributed by atoms with Crippen molar-refractivity contribution in [3.63, 3.8) is 0 Å². The van der Waals surface area contributed by atoms with Gasteiger partial charge in [-0.1, -0.05) is 24.3 Å². The second-order valence-corrected chi connectivity index (χ2v) is 9.04. The topological polar surface area (TPSA) is 85.2 Å². The van der Waals surface area contributed by atoms with Gasteiger partial charge in [0.15, 0.2) is 0 Å². The minimum absolute atomic E-state index is 0.184. The quantitative estimate of drug-likeness (QED) is 0.437. The number of hydrogen-bond donors (Lipinski definition) is 2. The molecule has 1 aromatic heterocycles. The molecule has 2 amide bonds. The van der Waals surface area contributed by atoms with E-state index in [0.29, 0.717) is 30.7 Å². The minimum atomic E-state index is -0.613. The first-order chi connectivity index (χ1) is 16.4. The Morgan fingerprint density at radius 3 is 2.50 bits per heavy atom. The van der Waals surface area contributed by atoms with Crippen molar-refractivity contribution < 1.29 is 14.3 Å². The van der Waals surface area contributed by atoms with Crippen molar-refractivity contribution in [2.24, 2.45) is 0 Å².